The number of hydrogen-bond donors (Lipinski definition) is 2. The zero-order valence-electron chi connectivity index (χ0n) is 7.05. The lowest BCUT2D eigenvalue weighted by molar-refractivity contribution is 1.17. The molecule has 0 aliphatic carbocycles. The van der Waals surface area contributed by atoms with E-state index in [-0.39, 0.29) is 0 Å². The predicted octanol–water partition coefficient (Wildman–Crippen LogP) is 1.16. The molecule has 2 heterocycles. The number of aromatic amines is 1. The van der Waals surface area contributed by atoms with Gasteiger partial charge in [-0.25, -0.2) is 9.97 Å². The summed E-state index contributed by atoms with van der Waals surface area (Å²) in [4.78, 5) is 11.4. The molecule has 4 heteroatoms. The van der Waals surface area contributed by atoms with E-state index in [4.69, 9.17) is 5.73 Å². The molecular weight excluding hydrogens is 152 g/mol. The minimum Gasteiger partial charge on any atom is -0.382 e. The fraction of sp³-hybridized carbons (Fsp3) is 0.250. The average Bonchev–Trinajstić information content (AvgIpc) is 2.29. The van der Waals surface area contributed by atoms with E-state index in [1.54, 1.807) is 0 Å². The standard InChI is InChI=1S/C8H10N4/c1-4-3-6-7(8(9)10-4)12-5(2)11-6/h3H,1-2H3,(H2,9,10)(H,11,12). The van der Waals surface area contributed by atoms with Gasteiger partial charge in [0, 0.05) is 5.69 Å². The number of pyridine rings is 1. The molecule has 0 amide bonds. The highest BCUT2D eigenvalue weighted by atomic mass is 15.0. The van der Waals surface area contributed by atoms with Crippen LogP contribution in [0.3, 0.4) is 0 Å². The lowest BCUT2D eigenvalue weighted by Gasteiger charge is -1.95. The summed E-state index contributed by atoms with van der Waals surface area (Å²) in [7, 11) is 0. The van der Waals surface area contributed by atoms with Crippen LogP contribution in [0.15, 0.2) is 6.07 Å². The van der Waals surface area contributed by atoms with Crippen molar-refractivity contribution < 1.29 is 0 Å². The molecule has 0 fully saturated rings. The third-order valence-corrected chi connectivity index (χ3v) is 1.74. The maximum Gasteiger partial charge on any atom is 0.151 e. The third-order valence-electron chi connectivity index (χ3n) is 1.74. The number of fused-ring (bicyclic) bond motifs is 1. The van der Waals surface area contributed by atoms with Crippen LogP contribution in [-0.4, -0.2) is 15.0 Å². The van der Waals surface area contributed by atoms with Gasteiger partial charge >= 0.3 is 0 Å². The summed E-state index contributed by atoms with van der Waals surface area (Å²) in [5, 5.41) is 0. The zero-order valence-corrected chi connectivity index (χ0v) is 7.05. The largest absolute Gasteiger partial charge is 0.382 e. The summed E-state index contributed by atoms with van der Waals surface area (Å²) in [5.74, 6) is 1.36. The van der Waals surface area contributed by atoms with Crippen molar-refractivity contribution in [3.8, 4) is 0 Å². The molecule has 0 saturated heterocycles. The van der Waals surface area contributed by atoms with E-state index in [1.807, 2.05) is 19.9 Å². The van der Waals surface area contributed by atoms with Crippen molar-refractivity contribution in [1.82, 2.24) is 15.0 Å². The maximum absolute atomic E-state index is 5.68. The first kappa shape index (κ1) is 7.09. The number of anilines is 1. The molecule has 0 unspecified atom stereocenters. The smallest absolute Gasteiger partial charge is 0.151 e. The molecule has 0 bridgehead atoms. The van der Waals surface area contributed by atoms with Crippen molar-refractivity contribution in [3.63, 3.8) is 0 Å². The number of nitrogen functional groups attached to an aromatic ring is 1. The quantitative estimate of drug-likeness (QED) is 0.610. The van der Waals surface area contributed by atoms with Gasteiger partial charge in [0.15, 0.2) is 5.82 Å². The van der Waals surface area contributed by atoms with Gasteiger partial charge in [0.05, 0.1) is 5.52 Å². The molecule has 0 aliphatic rings. The van der Waals surface area contributed by atoms with Crippen LogP contribution in [0.5, 0.6) is 0 Å². The Morgan fingerprint density at radius 1 is 1.33 bits per heavy atom. The van der Waals surface area contributed by atoms with E-state index >= 15 is 0 Å². The highest BCUT2D eigenvalue weighted by Gasteiger charge is 2.04. The number of imidazole rings is 1. The van der Waals surface area contributed by atoms with Crippen molar-refractivity contribution in [1.29, 1.82) is 0 Å². The number of nitrogens with two attached hydrogens (primary N) is 1. The SMILES string of the molecule is Cc1cc2[nH]c(C)nc2c(N)n1. The summed E-state index contributed by atoms with van der Waals surface area (Å²) >= 11 is 0. The van der Waals surface area contributed by atoms with Gasteiger partial charge in [0.2, 0.25) is 0 Å². The fourth-order valence-electron chi connectivity index (χ4n) is 1.29. The van der Waals surface area contributed by atoms with E-state index in [0.29, 0.717) is 5.82 Å². The second-order valence-electron chi connectivity index (χ2n) is 2.87. The van der Waals surface area contributed by atoms with E-state index in [1.165, 1.54) is 0 Å². The van der Waals surface area contributed by atoms with Crippen LogP contribution in [-0.2, 0) is 0 Å². The average molecular weight is 162 g/mol. The van der Waals surface area contributed by atoms with Gasteiger partial charge in [-0.1, -0.05) is 0 Å². The first-order chi connectivity index (χ1) is 5.66. The second kappa shape index (κ2) is 2.20. The second-order valence-corrected chi connectivity index (χ2v) is 2.87. The number of nitrogens with zero attached hydrogens (tertiary/aromatic N) is 2. The number of aryl methyl sites for hydroxylation is 2. The molecule has 4 nitrogen and oxygen atoms in total. The summed E-state index contributed by atoms with van der Waals surface area (Å²) in [6, 6.07) is 1.94. The molecule has 62 valence electrons. The number of hydrogen-bond acceptors (Lipinski definition) is 3. The summed E-state index contributed by atoms with van der Waals surface area (Å²) in [6.07, 6.45) is 0. The van der Waals surface area contributed by atoms with Crippen LogP contribution in [0.1, 0.15) is 11.5 Å². The Balaban J connectivity index is 2.88. The maximum atomic E-state index is 5.68. The van der Waals surface area contributed by atoms with Crippen LogP contribution in [0.25, 0.3) is 11.0 Å². The van der Waals surface area contributed by atoms with Gasteiger partial charge in [-0.05, 0) is 19.9 Å². The number of aromatic nitrogens is 3. The molecular formula is C8H10N4. The molecule has 0 spiro atoms. The van der Waals surface area contributed by atoms with Crippen molar-refractivity contribution in [2.24, 2.45) is 0 Å². The summed E-state index contributed by atoms with van der Waals surface area (Å²) in [5.41, 5.74) is 8.30. The van der Waals surface area contributed by atoms with Crippen molar-refractivity contribution in [2.45, 2.75) is 13.8 Å². The monoisotopic (exact) mass is 162 g/mol. The topological polar surface area (TPSA) is 67.6 Å². The minimum absolute atomic E-state index is 0.495. The van der Waals surface area contributed by atoms with Gasteiger partial charge in [-0.2, -0.15) is 0 Å². The van der Waals surface area contributed by atoms with Gasteiger partial charge < -0.3 is 10.7 Å². The Hall–Kier alpha value is -1.58. The van der Waals surface area contributed by atoms with E-state index in [9.17, 15) is 0 Å². The van der Waals surface area contributed by atoms with Crippen LogP contribution in [0.2, 0.25) is 0 Å². The first-order valence-electron chi connectivity index (χ1n) is 3.76. The Morgan fingerprint density at radius 2 is 2.08 bits per heavy atom. The van der Waals surface area contributed by atoms with Crippen molar-refractivity contribution in [3.05, 3.63) is 17.6 Å². The van der Waals surface area contributed by atoms with E-state index < -0.39 is 0 Å². The zero-order chi connectivity index (χ0) is 8.72. The van der Waals surface area contributed by atoms with Gasteiger partial charge in [0.1, 0.15) is 11.3 Å². The van der Waals surface area contributed by atoms with Gasteiger partial charge in [-0.15, -0.1) is 0 Å². The molecule has 0 radical (unpaired) electrons. The fourth-order valence-corrected chi connectivity index (χ4v) is 1.29. The van der Waals surface area contributed by atoms with Crippen LogP contribution < -0.4 is 5.73 Å². The number of H-pyrrole nitrogens is 1. The minimum atomic E-state index is 0.495. The lowest BCUT2D eigenvalue weighted by Crippen LogP contribution is -1.93. The molecule has 0 saturated carbocycles. The molecule has 0 atom stereocenters. The van der Waals surface area contributed by atoms with Gasteiger partial charge in [-0.3, -0.25) is 0 Å². The Bertz CT molecular complexity index is 430. The molecule has 12 heavy (non-hydrogen) atoms. The number of rotatable bonds is 0. The highest BCUT2D eigenvalue weighted by Crippen LogP contribution is 2.16. The summed E-state index contributed by atoms with van der Waals surface area (Å²) in [6.45, 7) is 3.81. The molecule has 0 aliphatic heterocycles. The lowest BCUT2D eigenvalue weighted by atomic mass is 10.3. The predicted molar refractivity (Wildman–Crippen MR) is 47.8 cm³/mol. The number of nitrogens with one attached hydrogen (secondary N) is 1. The first-order valence-corrected chi connectivity index (χ1v) is 3.76. The molecule has 2 rings (SSSR count). The molecule has 0 aromatic carbocycles. The molecule has 2 aromatic rings. The van der Waals surface area contributed by atoms with Gasteiger partial charge in [0.25, 0.3) is 0 Å². The molecule has 3 N–H and O–H groups in total. The summed E-state index contributed by atoms with van der Waals surface area (Å²) < 4.78 is 0. The van der Waals surface area contributed by atoms with Crippen LogP contribution >= 0.6 is 0 Å². The highest BCUT2D eigenvalue weighted by molar-refractivity contribution is 5.84. The van der Waals surface area contributed by atoms with Crippen LogP contribution in [0.4, 0.5) is 5.82 Å². The van der Waals surface area contributed by atoms with Crippen molar-refractivity contribution >= 4 is 16.9 Å². The Labute approximate surface area is 69.8 Å². The normalized spacial score (nSPS) is 10.8. The Kier molecular flexibility index (Phi) is 1.30. The molecule has 2 aromatic heterocycles. The van der Waals surface area contributed by atoms with Crippen molar-refractivity contribution in [2.75, 3.05) is 5.73 Å². The van der Waals surface area contributed by atoms with E-state index in [2.05, 4.69) is 15.0 Å². The van der Waals surface area contributed by atoms with E-state index in [0.717, 1.165) is 22.6 Å². The third kappa shape index (κ3) is 0.922. The van der Waals surface area contributed by atoms with Crippen LogP contribution in [0, 0.1) is 13.8 Å². The Morgan fingerprint density at radius 3 is 2.83 bits per heavy atom.